The molecule has 26 heavy (non-hydrogen) atoms. The van der Waals surface area contributed by atoms with Crippen LogP contribution in [0.2, 0.25) is 0 Å². The highest BCUT2D eigenvalue weighted by atomic mass is 32.1. The molecule has 0 radical (unpaired) electrons. The quantitative estimate of drug-likeness (QED) is 0.427. The first-order valence-electron chi connectivity index (χ1n) is 10.7. The van der Waals surface area contributed by atoms with E-state index in [1.807, 2.05) is 11.3 Å². The normalized spacial score (nSPS) is 17.6. The fourth-order valence-electron chi connectivity index (χ4n) is 4.11. The summed E-state index contributed by atoms with van der Waals surface area (Å²) in [6.07, 6.45) is 10.4. The number of rotatable bonds is 8. The van der Waals surface area contributed by atoms with Gasteiger partial charge < -0.3 is 0 Å². The molecule has 1 fully saturated rings. The van der Waals surface area contributed by atoms with Gasteiger partial charge in [-0.15, -0.1) is 11.3 Å². The Morgan fingerprint density at radius 3 is 2.31 bits per heavy atom. The minimum absolute atomic E-state index is 0.204. The van der Waals surface area contributed by atoms with E-state index < -0.39 is 0 Å². The number of hydrogen-bond donors (Lipinski definition) is 0. The molecule has 0 amide bonds. The topological polar surface area (TPSA) is 12.9 Å². The highest BCUT2D eigenvalue weighted by Crippen LogP contribution is 2.47. The van der Waals surface area contributed by atoms with Crippen molar-refractivity contribution < 1.29 is 0 Å². The summed E-state index contributed by atoms with van der Waals surface area (Å²) in [5.41, 5.74) is 4.78. The molecule has 0 aliphatic heterocycles. The van der Waals surface area contributed by atoms with Gasteiger partial charge in [-0.25, -0.2) is 4.98 Å². The standard InChI is InChI=1S/C24H37NS/c1-7-9-10-14-24(6,13-8-2)22-25-21-19(17-11-12-17)15-18(23(3,4)5)16-20(21)26-22/h15-17H,7-14H2,1-6H3. The average molecular weight is 372 g/mol. The van der Waals surface area contributed by atoms with Gasteiger partial charge in [0.25, 0.3) is 0 Å². The minimum Gasteiger partial charge on any atom is -0.240 e. The second-order valence-electron chi connectivity index (χ2n) is 9.72. The van der Waals surface area contributed by atoms with Gasteiger partial charge in [0.1, 0.15) is 0 Å². The van der Waals surface area contributed by atoms with E-state index >= 15 is 0 Å². The molecule has 1 atom stereocenters. The molecule has 0 bridgehead atoms. The molecule has 1 saturated carbocycles. The zero-order valence-electron chi connectivity index (χ0n) is 17.7. The monoisotopic (exact) mass is 371 g/mol. The lowest BCUT2D eigenvalue weighted by Crippen LogP contribution is -2.21. The number of aromatic nitrogens is 1. The third kappa shape index (κ3) is 4.16. The number of hydrogen-bond acceptors (Lipinski definition) is 2. The van der Waals surface area contributed by atoms with Crippen molar-refractivity contribution in [3.63, 3.8) is 0 Å². The SMILES string of the molecule is CCCCCC(C)(CCC)c1nc2c(C3CC3)cc(C(C)(C)C)cc2s1. The van der Waals surface area contributed by atoms with Gasteiger partial charge in [-0.1, -0.05) is 73.3 Å². The maximum Gasteiger partial charge on any atom is 0.0997 e. The van der Waals surface area contributed by atoms with Crippen LogP contribution in [0.4, 0.5) is 0 Å². The molecule has 1 nitrogen and oxygen atoms in total. The lowest BCUT2D eigenvalue weighted by atomic mass is 9.81. The second-order valence-corrected chi connectivity index (χ2v) is 10.8. The molecule has 1 aromatic carbocycles. The van der Waals surface area contributed by atoms with Crippen LogP contribution in [0.25, 0.3) is 10.2 Å². The number of unbranched alkanes of at least 4 members (excludes halogenated alkanes) is 2. The van der Waals surface area contributed by atoms with Crippen molar-refractivity contribution in [2.45, 2.75) is 110 Å². The Morgan fingerprint density at radius 2 is 1.73 bits per heavy atom. The third-order valence-corrected chi connectivity index (χ3v) is 7.37. The number of nitrogens with zero attached hydrogens (tertiary/aromatic N) is 1. The number of benzene rings is 1. The summed E-state index contributed by atoms with van der Waals surface area (Å²) in [5.74, 6) is 0.757. The first-order valence-corrected chi connectivity index (χ1v) is 11.6. The smallest absolute Gasteiger partial charge is 0.0997 e. The van der Waals surface area contributed by atoms with Crippen molar-refractivity contribution in [2.75, 3.05) is 0 Å². The van der Waals surface area contributed by atoms with E-state index in [1.165, 1.54) is 77.7 Å². The number of fused-ring (bicyclic) bond motifs is 1. The maximum atomic E-state index is 5.29. The fraction of sp³-hybridized carbons (Fsp3) is 0.708. The van der Waals surface area contributed by atoms with Crippen molar-refractivity contribution in [1.82, 2.24) is 4.98 Å². The Hall–Kier alpha value is -0.890. The van der Waals surface area contributed by atoms with Crippen molar-refractivity contribution in [3.05, 3.63) is 28.3 Å². The van der Waals surface area contributed by atoms with Crippen LogP contribution in [0.5, 0.6) is 0 Å². The van der Waals surface area contributed by atoms with Crippen LogP contribution in [0, 0.1) is 0 Å². The lowest BCUT2D eigenvalue weighted by molar-refractivity contribution is 0.378. The van der Waals surface area contributed by atoms with Crippen molar-refractivity contribution in [2.24, 2.45) is 0 Å². The molecule has 0 N–H and O–H groups in total. The van der Waals surface area contributed by atoms with E-state index in [-0.39, 0.29) is 10.8 Å². The van der Waals surface area contributed by atoms with Crippen LogP contribution >= 0.6 is 11.3 Å². The summed E-state index contributed by atoms with van der Waals surface area (Å²) in [4.78, 5) is 5.29. The Bertz CT molecular complexity index is 747. The maximum absolute atomic E-state index is 5.29. The predicted molar refractivity (Wildman–Crippen MR) is 117 cm³/mol. The zero-order chi connectivity index (χ0) is 18.9. The van der Waals surface area contributed by atoms with Crippen molar-refractivity contribution >= 4 is 21.6 Å². The molecule has 1 aromatic heterocycles. The summed E-state index contributed by atoms with van der Waals surface area (Å²) < 4.78 is 1.42. The largest absolute Gasteiger partial charge is 0.240 e. The molecule has 144 valence electrons. The third-order valence-electron chi connectivity index (χ3n) is 6.06. The highest BCUT2D eigenvalue weighted by Gasteiger charge is 2.32. The van der Waals surface area contributed by atoms with Crippen LogP contribution in [0.3, 0.4) is 0 Å². The molecule has 1 aliphatic rings. The predicted octanol–water partition coefficient (Wildman–Crippen LogP) is 8.11. The van der Waals surface area contributed by atoms with E-state index in [1.54, 1.807) is 0 Å². The Morgan fingerprint density at radius 1 is 1.00 bits per heavy atom. The average Bonchev–Trinajstić information content (AvgIpc) is 3.31. The molecule has 0 saturated heterocycles. The molecular formula is C24H37NS. The number of thiazole rings is 1. The molecule has 1 aliphatic carbocycles. The van der Waals surface area contributed by atoms with Gasteiger partial charge in [-0.05, 0) is 54.2 Å². The molecular weight excluding hydrogens is 334 g/mol. The van der Waals surface area contributed by atoms with Gasteiger partial charge in [0, 0.05) is 5.41 Å². The summed E-state index contributed by atoms with van der Waals surface area (Å²) >= 11 is 1.98. The first-order chi connectivity index (χ1) is 12.3. The van der Waals surface area contributed by atoms with E-state index in [0.717, 1.165) is 5.92 Å². The van der Waals surface area contributed by atoms with Crippen molar-refractivity contribution in [1.29, 1.82) is 0 Å². The van der Waals surface area contributed by atoms with Crippen LogP contribution < -0.4 is 0 Å². The highest BCUT2D eigenvalue weighted by molar-refractivity contribution is 7.18. The molecule has 3 rings (SSSR count). The van der Waals surface area contributed by atoms with Gasteiger partial charge in [-0.3, -0.25) is 0 Å². The van der Waals surface area contributed by atoms with E-state index in [2.05, 4.69) is 53.7 Å². The van der Waals surface area contributed by atoms with Gasteiger partial charge in [0.05, 0.1) is 15.2 Å². The van der Waals surface area contributed by atoms with Crippen molar-refractivity contribution in [3.8, 4) is 0 Å². The minimum atomic E-state index is 0.204. The fourth-order valence-corrected chi connectivity index (χ4v) is 5.35. The first kappa shape index (κ1) is 19.9. The van der Waals surface area contributed by atoms with Crippen LogP contribution in [-0.4, -0.2) is 4.98 Å². The van der Waals surface area contributed by atoms with E-state index in [4.69, 9.17) is 4.98 Å². The summed E-state index contributed by atoms with van der Waals surface area (Å²) in [6, 6.07) is 4.90. The van der Waals surface area contributed by atoms with E-state index in [0.29, 0.717) is 0 Å². The molecule has 2 heteroatoms. The Kier molecular flexibility index (Phi) is 5.82. The second kappa shape index (κ2) is 7.62. The molecule has 1 heterocycles. The van der Waals surface area contributed by atoms with Gasteiger partial charge in [0.15, 0.2) is 0 Å². The summed E-state index contributed by atoms with van der Waals surface area (Å²) in [7, 11) is 0. The van der Waals surface area contributed by atoms with Crippen LogP contribution in [0.1, 0.15) is 115 Å². The van der Waals surface area contributed by atoms with Gasteiger partial charge >= 0.3 is 0 Å². The molecule has 2 aromatic rings. The summed E-state index contributed by atoms with van der Waals surface area (Å²) in [5, 5.41) is 1.39. The van der Waals surface area contributed by atoms with Gasteiger partial charge in [0.2, 0.25) is 0 Å². The Balaban J connectivity index is 2.05. The molecule has 1 unspecified atom stereocenters. The van der Waals surface area contributed by atoms with E-state index in [9.17, 15) is 0 Å². The van der Waals surface area contributed by atoms with Crippen LogP contribution in [-0.2, 0) is 10.8 Å². The zero-order valence-corrected chi connectivity index (χ0v) is 18.6. The van der Waals surface area contributed by atoms with Crippen LogP contribution in [0.15, 0.2) is 12.1 Å². The summed E-state index contributed by atoms with van der Waals surface area (Å²) in [6.45, 7) is 14.1. The molecule has 0 spiro atoms. The Labute approximate surface area is 164 Å². The van der Waals surface area contributed by atoms with Gasteiger partial charge in [-0.2, -0.15) is 0 Å². The lowest BCUT2D eigenvalue weighted by Gasteiger charge is -2.27.